The first-order valence-electron chi connectivity index (χ1n) is 20.4. The number of aromatic nitrogens is 1. The van der Waals surface area contributed by atoms with Gasteiger partial charge in [-0.15, -0.1) is 11.3 Å². The summed E-state index contributed by atoms with van der Waals surface area (Å²) >= 11 is 3.49. The molecular formula is C54H41N3OS2. The molecule has 0 unspecified atom stereocenters. The number of hydrogen-bond donors (Lipinski definition) is 0. The Morgan fingerprint density at radius 1 is 0.567 bits per heavy atom. The van der Waals surface area contributed by atoms with Crippen LogP contribution in [0.15, 0.2) is 181 Å². The molecule has 0 amide bonds. The average molecular weight is 812 g/mol. The summed E-state index contributed by atoms with van der Waals surface area (Å²) in [6.07, 6.45) is 1.95. The van der Waals surface area contributed by atoms with Crippen LogP contribution in [0, 0.1) is 0 Å². The maximum atomic E-state index is 6.87. The van der Waals surface area contributed by atoms with E-state index in [2.05, 4.69) is 206 Å². The smallest absolute Gasteiger partial charge is 0.182 e. The van der Waals surface area contributed by atoms with Gasteiger partial charge in [0.25, 0.3) is 0 Å². The van der Waals surface area contributed by atoms with Crippen LogP contribution in [-0.4, -0.2) is 11.7 Å². The van der Waals surface area contributed by atoms with Crippen molar-refractivity contribution in [1.82, 2.24) is 4.98 Å². The summed E-state index contributed by atoms with van der Waals surface area (Å²) in [5.41, 5.74) is 12.7. The van der Waals surface area contributed by atoms with Crippen molar-refractivity contribution in [3.8, 4) is 44.3 Å². The highest BCUT2D eigenvalue weighted by Crippen LogP contribution is 2.51. The van der Waals surface area contributed by atoms with E-state index >= 15 is 0 Å². The van der Waals surface area contributed by atoms with Crippen molar-refractivity contribution < 1.29 is 4.74 Å². The molecule has 0 radical (unpaired) electrons. The van der Waals surface area contributed by atoms with Crippen LogP contribution < -0.4 is 14.5 Å². The van der Waals surface area contributed by atoms with Crippen LogP contribution in [0.4, 0.5) is 22.7 Å². The first-order chi connectivity index (χ1) is 29.4. The summed E-state index contributed by atoms with van der Waals surface area (Å²) in [7, 11) is 0. The first kappa shape index (κ1) is 36.4. The van der Waals surface area contributed by atoms with E-state index in [1.165, 1.54) is 59.1 Å². The average Bonchev–Trinajstić information content (AvgIpc) is 4.04. The van der Waals surface area contributed by atoms with Gasteiger partial charge in [0, 0.05) is 66.3 Å². The molecule has 1 aliphatic heterocycles. The lowest BCUT2D eigenvalue weighted by atomic mass is 9.86. The predicted molar refractivity (Wildman–Crippen MR) is 256 cm³/mol. The SMILES string of the molecule is CC(C)(C)c1ccnc(-c2cc3c4ccsc4ccc3c3sc(Oc4cccc(N5CN(c6c(-c7ccccc7)cccc6-c6ccccc6)c6ccccc65)c4)cc23)c1. The lowest BCUT2D eigenvalue weighted by Gasteiger charge is -2.27. The summed E-state index contributed by atoms with van der Waals surface area (Å²) in [4.78, 5) is 9.81. The van der Waals surface area contributed by atoms with Crippen molar-refractivity contribution in [3.05, 3.63) is 187 Å². The Bertz CT molecular complexity index is 3160. The van der Waals surface area contributed by atoms with Crippen molar-refractivity contribution in [3.63, 3.8) is 0 Å². The third kappa shape index (κ3) is 6.31. The zero-order valence-electron chi connectivity index (χ0n) is 33.6. The molecule has 0 spiro atoms. The van der Waals surface area contributed by atoms with Crippen LogP contribution in [-0.2, 0) is 5.41 Å². The highest BCUT2D eigenvalue weighted by atomic mass is 32.1. The standard InChI is InChI=1S/C54H41N3OS2/c1-54(2,3)37-26-28-55-47(30-37)45-32-44-42-27-29-59-50(42)25-24-43(44)53-46(45)33-51(60-53)58-39-19-12-18-38(31-39)56-34-57(49-23-11-10-22-48(49)56)52-40(35-14-6-4-7-15-35)20-13-21-41(52)36-16-8-5-9-17-36/h4-33H,34H2,1-3H3. The molecule has 290 valence electrons. The minimum Gasteiger partial charge on any atom is -0.447 e. The summed E-state index contributed by atoms with van der Waals surface area (Å²) in [5, 5.41) is 7.95. The van der Waals surface area contributed by atoms with Crippen molar-refractivity contribution in [2.45, 2.75) is 26.2 Å². The fourth-order valence-corrected chi connectivity index (χ4v) is 10.6. The number of pyridine rings is 1. The molecule has 7 aromatic carbocycles. The summed E-state index contributed by atoms with van der Waals surface area (Å²) in [6.45, 7) is 7.41. The topological polar surface area (TPSA) is 28.6 Å². The normalized spacial score (nSPS) is 12.8. The second kappa shape index (κ2) is 14.5. The minimum absolute atomic E-state index is 0.00453. The minimum atomic E-state index is 0.00453. The molecule has 0 saturated carbocycles. The maximum absolute atomic E-state index is 6.87. The molecule has 6 heteroatoms. The van der Waals surface area contributed by atoms with Crippen LogP contribution in [0.1, 0.15) is 26.3 Å². The number of thiophene rings is 2. The molecule has 0 fully saturated rings. The van der Waals surface area contributed by atoms with Gasteiger partial charge in [-0.3, -0.25) is 4.98 Å². The fraction of sp³-hybridized carbons (Fsp3) is 0.0926. The Balaban J connectivity index is 0.995. The Morgan fingerprint density at radius 2 is 1.27 bits per heavy atom. The van der Waals surface area contributed by atoms with E-state index < -0.39 is 0 Å². The second-order valence-corrected chi connectivity index (χ2v) is 18.4. The molecule has 4 heterocycles. The number of ether oxygens (including phenoxy) is 1. The van der Waals surface area contributed by atoms with Crippen molar-refractivity contribution in [2.75, 3.05) is 16.5 Å². The van der Waals surface area contributed by atoms with E-state index in [0.29, 0.717) is 6.67 Å². The Labute approximate surface area is 358 Å². The van der Waals surface area contributed by atoms with Gasteiger partial charge in [0.2, 0.25) is 0 Å². The van der Waals surface area contributed by atoms with Gasteiger partial charge in [0.15, 0.2) is 5.06 Å². The third-order valence-electron chi connectivity index (χ3n) is 11.7. The van der Waals surface area contributed by atoms with Crippen LogP contribution in [0.25, 0.3) is 64.5 Å². The molecule has 0 saturated heterocycles. The number of anilines is 4. The third-order valence-corrected chi connectivity index (χ3v) is 13.6. The number of benzene rings is 7. The lowest BCUT2D eigenvalue weighted by molar-refractivity contribution is 0.497. The maximum Gasteiger partial charge on any atom is 0.182 e. The van der Waals surface area contributed by atoms with Gasteiger partial charge in [-0.25, -0.2) is 0 Å². The van der Waals surface area contributed by atoms with Crippen molar-refractivity contribution in [2.24, 2.45) is 0 Å². The van der Waals surface area contributed by atoms with Crippen LogP contribution in [0.5, 0.6) is 10.8 Å². The van der Waals surface area contributed by atoms with Gasteiger partial charge in [0.1, 0.15) is 12.4 Å². The highest BCUT2D eigenvalue weighted by Gasteiger charge is 2.31. The van der Waals surface area contributed by atoms with Crippen molar-refractivity contribution in [1.29, 1.82) is 0 Å². The van der Waals surface area contributed by atoms with E-state index in [-0.39, 0.29) is 5.41 Å². The molecule has 0 aliphatic carbocycles. The number of rotatable bonds is 7. The first-order valence-corrected chi connectivity index (χ1v) is 22.1. The van der Waals surface area contributed by atoms with Gasteiger partial charge < -0.3 is 14.5 Å². The monoisotopic (exact) mass is 811 g/mol. The van der Waals surface area contributed by atoms with E-state index in [9.17, 15) is 0 Å². The molecule has 0 bridgehead atoms. The van der Waals surface area contributed by atoms with Gasteiger partial charge in [-0.1, -0.05) is 135 Å². The van der Waals surface area contributed by atoms with E-state index in [1.54, 1.807) is 22.7 Å². The highest BCUT2D eigenvalue weighted by molar-refractivity contribution is 7.22. The molecule has 1 aliphatic rings. The molecule has 3 aromatic heterocycles. The fourth-order valence-electron chi connectivity index (χ4n) is 8.71. The van der Waals surface area contributed by atoms with Crippen LogP contribution in [0.2, 0.25) is 0 Å². The van der Waals surface area contributed by atoms with E-state index in [4.69, 9.17) is 9.72 Å². The second-order valence-electron chi connectivity index (χ2n) is 16.4. The lowest BCUT2D eigenvalue weighted by Crippen LogP contribution is -2.24. The summed E-state index contributed by atoms with van der Waals surface area (Å²) in [5.74, 6) is 0.795. The molecule has 0 atom stereocenters. The molecule has 11 rings (SSSR count). The van der Waals surface area contributed by atoms with Crippen LogP contribution >= 0.6 is 22.7 Å². The Kier molecular flexibility index (Phi) is 8.80. The summed E-state index contributed by atoms with van der Waals surface area (Å²) in [6, 6.07) is 61.1. The Hall–Kier alpha value is -6.73. The number of hydrogen-bond acceptors (Lipinski definition) is 6. The molecule has 0 N–H and O–H groups in total. The van der Waals surface area contributed by atoms with Gasteiger partial charge in [-0.2, -0.15) is 0 Å². The summed E-state index contributed by atoms with van der Waals surface area (Å²) < 4.78 is 9.36. The number of para-hydroxylation sites is 3. The number of nitrogens with zero attached hydrogens (tertiary/aromatic N) is 3. The van der Waals surface area contributed by atoms with Crippen molar-refractivity contribution >= 4 is 76.4 Å². The van der Waals surface area contributed by atoms with E-state index in [0.717, 1.165) is 44.5 Å². The molecule has 60 heavy (non-hydrogen) atoms. The molecular weight excluding hydrogens is 771 g/mol. The van der Waals surface area contributed by atoms with E-state index in [1.807, 2.05) is 6.20 Å². The van der Waals surface area contributed by atoms with Gasteiger partial charge >= 0.3 is 0 Å². The zero-order chi connectivity index (χ0) is 40.4. The Morgan fingerprint density at radius 3 is 2.00 bits per heavy atom. The zero-order valence-corrected chi connectivity index (χ0v) is 35.2. The largest absolute Gasteiger partial charge is 0.447 e. The predicted octanol–water partition coefficient (Wildman–Crippen LogP) is 16.0. The number of fused-ring (bicyclic) bond motifs is 6. The van der Waals surface area contributed by atoms with Gasteiger partial charge in [0.05, 0.1) is 22.8 Å². The molecule has 4 nitrogen and oxygen atoms in total. The quantitative estimate of drug-likeness (QED) is 0.160. The van der Waals surface area contributed by atoms with Crippen LogP contribution in [0.3, 0.4) is 0 Å². The van der Waals surface area contributed by atoms with Gasteiger partial charge in [-0.05, 0) is 87.5 Å². The molecule has 10 aromatic rings.